The lowest BCUT2D eigenvalue weighted by atomic mass is 10.1. The molecule has 7 heteroatoms. The van der Waals surface area contributed by atoms with Crippen LogP contribution < -0.4 is 5.32 Å². The maximum absolute atomic E-state index is 13.3. The first-order chi connectivity index (χ1) is 13.4. The molecule has 3 rings (SSSR count). The van der Waals surface area contributed by atoms with Gasteiger partial charge in [-0.2, -0.15) is 5.10 Å². The van der Waals surface area contributed by atoms with Gasteiger partial charge in [0.15, 0.2) is 0 Å². The fourth-order valence-electron chi connectivity index (χ4n) is 2.83. The summed E-state index contributed by atoms with van der Waals surface area (Å²) >= 11 is 0. The third-order valence-electron chi connectivity index (χ3n) is 4.33. The van der Waals surface area contributed by atoms with Crippen molar-refractivity contribution < 1.29 is 14.0 Å². The highest BCUT2D eigenvalue weighted by atomic mass is 19.1. The van der Waals surface area contributed by atoms with E-state index in [1.165, 1.54) is 28.8 Å². The third-order valence-corrected chi connectivity index (χ3v) is 4.33. The summed E-state index contributed by atoms with van der Waals surface area (Å²) in [7, 11) is 3.08. The van der Waals surface area contributed by atoms with Gasteiger partial charge in [-0.3, -0.25) is 9.59 Å². The highest BCUT2D eigenvalue weighted by Gasteiger charge is 2.22. The number of hydrogen-bond donors (Lipinski definition) is 1. The number of amides is 2. The Morgan fingerprint density at radius 2 is 1.89 bits per heavy atom. The van der Waals surface area contributed by atoms with Crippen molar-refractivity contribution in [1.29, 1.82) is 0 Å². The van der Waals surface area contributed by atoms with Gasteiger partial charge < -0.3 is 10.2 Å². The Kier molecular flexibility index (Phi) is 5.54. The van der Waals surface area contributed by atoms with Gasteiger partial charge in [-0.25, -0.2) is 9.07 Å². The van der Waals surface area contributed by atoms with Crippen LogP contribution in [0.1, 0.15) is 15.9 Å². The normalized spacial score (nSPS) is 10.6. The van der Waals surface area contributed by atoms with Crippen LogP contribution in [0.3, 0.4) is 0 Å². The lowest BCUT2D eigenvalue weighted by molar-refractivity contribution is -0.121. The van der Waals surface area contributed by atoms with Gasteiger partial charge in [-0.1, -0.05) is 23.8 Å². The fourth-order valence-corrected chi connectivity index (χ4v) is 2.83. The Balaban J connectivity index is 2.07. The maximum atomic E-state index is 13.3. The van der Waals surface area contributed by atoms with Crippen molar-refractivity contribution >= 4 is 11.8 Å². The molecule has 0 unspecified atom stereocenters. The van der Waals surface area contributed by atoms with Gasteiger partial charge in [0, 0.05) is 25.9 Å². The van der Waals surface area contributed by atoms with Crippen LogP contribution in [0.2, 0.25) is 0 Å². The zero-order valence-corrected chi connectivity index (χ0v) is 15.9. The molecule has 0 saturated heterocycles. The molecule has 0 radical (unpaired) electrons. The number of hydrogen-bond acceptors (Lipinski definition) is 3. The van der Waals surface area contributed by atoms with E-state index in [9.17, 15) is 14.0 Å². The highest BCUT2D eigenvalue weighted by molar-refractivity contribution is 6.01. The van der Waals surface area contributed by atoms with E-state index in [0.29, 0.717) is 16.9 Å². The minimum absolute atomic E-state index is 0.0652. The van der Waals surface area contributed by atoms with Crippen molar-refractivity contribution in [3.05, 3.63) is 71.7 Å². The summed E-state index contributed by atoms with van der Waals surface area (Å²) in [6.45, 7) is 1.89. The van der Waals surface area contributed by atoms with Gasteiger partial charge in [0.2, 0.25) is 5.91 Å². The molecule has 2 aromatic carbocycles. The summed E-state index contributed by atoms with van der Waals surface area (Å²) < 4.78 is 14.8. The van der Waals surface area contributed by atoms with Crippen molar-refractivity contribution in [2.24, 2.45) is 0 Å². The van der Waals surface area contributed by atoms with Crippen molar-refractivity contribution in [1.82, 2.24) is 20.0 Å². The summed E-state index contributed by atoms with van der Waals surface area (Å²) in [4.78, 5) is 26.0. The molecular formula is C21H21FN4O2. The zero-order valence-electron chi connectivity index (χ0n) is 15.9. The molecule has 1 N–H and O–H groups in total. The topological polar surface area (TPSA) is 67.2 Å². The molecule has 6 nitrogen and oxygen atoms in total. The largest absolute Gasteiger partial charge is 0.358 e. The predicted molar refractivity (Wildman–Crippen MR) is 105 cm³/mol. The second kappa shape index (κ2) is 8.04. The standard InChI is InChI=1S/C21H21FN4O2/c1-14-5-4-6-15(11-14)20-18(21(28)25(3)13-19(27)23-2)12-26(24-20)17-9-7-16(22)8-10-17/h4-12H,13H2,1-3H3,(H,23,27). The number of nitrogens with zero attached hydrogens (tertiary/aromatic N) is 3. The summed E-state index contributed by atoms with van der Waals surface area (Å²) in [5.74, 6) is -0.941. The molecule has 144 valence electrons. The first-order valence-electron chi connectivity index (χ1n) is 8.77. The molecule has 0 saturated carbocycles. The Morgan fingerprint density at radius 3 is 2.54 bits per heavy atom. The zero-order chi connectivity index (χ0) is 20.3. The number of aromatic nitrogens is 2. The average Bonchev–Trinajstić information content (AvgIpc) is 3.13. The Bertz CT molecular complexity index is 1010. The van der Waals surface area contributed by atoms with Gasteiger partial charge in [-0.05, 0) is 37.3 Å². The van der Waals surface area contributed by atoms with Gasteiger partial charge in [0.05, 0.1) is 17.8 Å². The molecule has 0 fully saturated rings. The van der Waals surface area contributed by atoms with Gasteiger partial charge in [0.1, 0.15) is 11.5 Å². The van der Waals surface area contributed by atoms with Crippen molar-refractivity contribution in [2.45, 2.75) is 6.92 Å². The minimum atomic E-state index is -0.351. The SMILES string of the molecule is CNC(=O)CN(C)C(=O)c1cn(-c2ccc(F)cc2)nc1-c1cccc(C)c1. The highest BCUT2D eigenvalue weighted by Crippen LogP contribution is 2.25. The van der Waals surface area contributed by atoms with Gasteiger partial charge in [0.25, 0.3) is 5.91 Å². The molecule has 0 spiro atoms. The molecule has 0 bridgehead atoms. The maximum Gasteiger partial charge on any atom is 0.257 e. The van der Waals surface area contributed by atoms with Crippen molar-refractivity contribution in [2.75, 3.05) is 20.6 Å². The van der Waals surface area contributed by atoms with E-state index in [-0.39, 0.29) is 24.2 Å². The third kappa shape index (κ3) is 4.09. The average molecular weight is 380 g/mol. The lowest BCUT2D eigenvalue weighted by Gasteiger charge is -2.15. The van der Waals surface area contributed by atoms with E-state index in [4.69, 9.17) is 0 Å². The van der Waals surface area contributed by atoms with Crippen LogP contribution in [-0.4, -0.2) is 47.1 Å². The number of carbonyl (C=O) groups is 2. The number of benzene rings is 2. The fraction of sp³-hybridized carbons (Fsp3) is 0.190. The molecular weight excluding hydrogens is 359 g/mol. The molecule has 1 aromatic heterocycles. The molecule has 0 atom stereocenters. The molecule has 0 aliphatic rings. The van der Waals surface area contributed by atoms with E-state index < -0.39 is 0 Å². The predicted octanol–water partition coefficient (Wildman–Crippen LogP) is 2.80. The van der Waals surface area contributed by atoms with Crippen molar-refractivity contribution in [3.8, 4) is 16.9 Å². The molecule has 0 aliphatic heterocycles. The summed E-state index contributed by atoms with van der Waals surface area (Å²) in [6, 6.07) is 13.5. The summed E-state index contributed by atoms with van der Waals surface area (Å²) in [5.41, 5.74) is 3.31. The van der Waals surface area contributed by atoms with Crippen LogP contribution >= 0.6 is 0 Å². The van der Waals surface area contributed by atoms with E-state index in [0.717, 1.165) is 11.1 Å². The second-order valence-corrected chi connectivity index (χ2v) is 6.52. The van der Waals surface area contributed by atoms with Crippen LogP contribution in [0.5, 0.6) is 0 Å². The monoisotopic (exact) mass is 380 g/mol. The summed E-state index contributed by atoms with van der Waals surface area (Å²) in [6.07, 6.45) is 1.60. The number of halogens is 1. The van der Waals surface area contributed by atoms with E-state index in [2.05, 4.69) is 10.4 Å². The van der Waals surface area contributed by atoms with Crippen LogP contribution in [0.15, 0.2) is 54.7 Å². The van der Waals surface area contributed by atoms with Gasteiger partial charge in [-0.15, -0.1) is 0 Å². The van der Waals surface area contributed by atoms with Crippen LogP contribution in [0.25, 0.3) is 16.9 Å². The Hall–Kier alpha value is -3.48. The van der Waals surface area contributed by atoms with Gasteiger partial charge >= 0.3 is 0 Å². The van der Waals surface area contributed by atoms with Crippen LogP contribution in [0, 0.1) is 12.7 Å². The van der Waals surface area contributed by atoms with Crippen molar-refractivity contribution in [3.63, 3.8) is 0 Å². The van der Waals surface area contributed by atoms with Crippen LogP contribution in [-0.2, 0) is 4.79 Å². The number of carbonyl (C=O) groups excluding carboxylic acids is 2. The molecule has 28 heavy (non-hydrogen) atoms. The van der Waals surface area contributed by atoms with E-state index in [1.54, 1.807) is 25.4 Å². The van der Waals surface area contributed by atoms with E-state index >= 15 is 0 Å². The summed E-state index contributed by atoms with van der Waals surface area (Å²) in [5, 5.41) is 7.07. The molecule has 3 aromatic rings. The van der Waals surface area contributed by atoms with Crippen LogP contribution in [0.4, 0.5) is 4.39 Å². The first-order valence-corrected chi connectivity index (χ1v) is 8.77. The Morgan fingerprint density at radius 1 is 1.18 bits per heavy atom. The smallest absolute Gasteiger partial charge is 0.257 e. The number of likely N-dealkylation sites (N-methyl/N-ethyl adjacent to an activating group) is 2. The Labute approximate surface area is 162 Å². The molecule has 1 heterocycles. The number of rotatable bonds is 5. The lowest BCUT2D eigenvalue weighted by Crippen LogP contribution is -2.36. The number of aryl methyl sites for hydroxylation is 1. The quantitative estimate of drug-likeness (QED) is 0.740. The van der Waals surface area contributed by atoms with E-state index in [1.807, 2.05) is 31.2 Å². The second-order valence-electron chi connectivity index (χ2n) is 6.52. The molecule has 0 aliphatic carbocycles. The first kappa shape index (κ1) is 19.3. The number of nitrogens with one attached hydrogen (secondary N) is 1. The minimum Gasteiger partial charge on any atom is -0.358 e. The molecule has 2 amide bonds.